The summed E-state index contributed by atoms with van der Waals surface area (Å²) in [5.74, 6) is 2.60. The molecular formula is C35H50O3Si. The van der Waals surface area contributed by atoms with Gasteiger partial charge in [0.05, 0.1) is 0 Å². The van der Waals surface area contributed by atoms with Gasteiger partial charge in [0, 0.05) is 29.4 Å². The Bertz CT molecular complexity index is 1110. The Balaban J connectivity index is 1.28. The van der Waals surface area contributed by atoms with Crippen molar-refractivity contribution < 1.29 is 14.0 Å². The Kier molecular flexibility index (Phi) is 8.45. The summed E-state index contributed by atoms with van der Waals surface area (Å²) in [5.41, 5.74) is 2.53. The highest BCUT2D eigenvalue weighted by atomic mass is 28.4. The Labute approximate surface area is 238 Å². The highest BCUT2D eigenvalue weighted by Gasteiger charge is 2.55. The molecule has 0 spiro atoms. The number of hydrogen-bond donors (Lipinski definition) is 0. The van der Waals surface area contributed by atoms with Gasteiger partial charge in [0.2, 0.25) is 5.78 Å². The lowest BCUT2D eigenvalue weighted by Gasteiger charge is -2.38. The van der Waals surface area contributed by atoms with E-state index in [9.17, 15) is 4.79 Å². The second-order valence-corrected chi connectivity index (χ2v) is 18.9. The van der Waals surface area contributed by atoms with E-state index in [1.54, 1.807) is 0 Å². The maximum atomic E-state index is 13.8. The first kappa shape index (κ1) is 28.6. The molecule has 0 aromatic heterocycles. The van der Waals surface area contributed by atoms with E-state index in [1.165, 1.54) is 24.0 Å². The van der Waals surface area contributed by atoms with Crippen molar-refractivity contribution in [3.05, 3.63) is 71.5 Å². The van der Waals surface area contributed by atoms with Crippen LogP contribution in [0.4, 0.5) is 0 Å². The van der Waals surface area contributed by atoms with E-state index in [2.05, 4.69) is 95.4 Å². The fraction of sp³-hybridized carbons (Fsp3) is 0.629. The van der Waals surface area contributed by atoms with Gasteiger partial charge >= 0.3 is 0 Å². The van der Waals surface area contributed by atoms with Gasteiger partial charge in [-0.25, -0.2) is 0 Å². The fourth-order valence-corrected chi connectivity index (χ4v) is 8.78. The first-order valence-corrected chi connectivity index (χ1v) is 18.5. The molecule has 2 bridgehead atoms. The van der Waals surface area contributed by atoms with E-state index < -0.39 is 8.32 Å². The summed E-state index contributed by atoms with van der Waals surface area (Å²) in [6.45, 7) is 13.8. The third-order valence-electron chi connectivity index (χ3n) is 10.4. The van der Waals surface area contributed by atoms with E-state index in [4.69, 9.17) is 9.16 Å². The number of rotatable bonds is 10. The molecule has 2 saturated carbocycles. The molecule has 2 fully saturated rings. The Morgan fingerprint density at radius 2 is 1.72 bits per heavy atom. The van der Waals surface area contributed by atoms with Crippen LogP contribution < -0.4 is 0 Å². The lowest BCUT2D eigenvalue weighted by atomic mass is 9.81. The summed E-state index contributed by atoms with van der Waals surface area (Å²) >= 11 is 0. The van der Waals surface area contributed by atoms with Crippen molar-refractivity contribution in [3.63, 3.8) is 0 Å². The second kappa shape index (κ2) is 11.5. The van der Waals surface area contributed by atoms with E-state index in [1.807, 2.05) is 0 Å². The quantitative estimate of drug-likeness (QED) is 0.167. The smallest absolute Gasteiger partial charge is 0.201 e. The van der Waals surface area contributed by atoms with Crippen molar-refractivity contribution >= 4 is 14.1 Å². The highest BCUT2D eigenvalue weighted by Crippen LogP contribution is 2.57. The zero-order chi connectivity index (χ0) is 27.8. The van der Waals surface area contributed by atoms with Crippen LogP contribution in [0.15, 0.2) is 66.0 Å². The van der Waals surface area contributed by atoms with Crippen LogP contribution >= 0.6 is 0 Å². The predicted octanol–water partition coefficient (Wildman–Crippen LogP) is 9.14. The molecule has 3 nitrogen and oxygen atoms in total. The van der Waals surface area contributed by atoms with Gasteiger partial charge in [-0.05, 0) is 87.4 Å². The van der Waals surface area contributed by atoms with Crippen LogP contribution in [-0.4, -0.2) is 26.3 Å². The summed E-state index contributed by atoms with van der Waals surface area (Å²) < 4.78 is 13.4. The molecule has 1 aromatic rings. The number of allylic oxidation sites excluding steroid dienone is 6. The van der Waals surface area contributed by atoms with Crippen molar-refractivity contribution in [2.45, 2.75) is 115 Å². The summed E-state index contributed by atoms with van der Waals surface area (Å²) in [5, 5.41) is 0.239. The molecule has 4 heteroatoms. The van der Waals surface area contributed by atoms with Crippen LogP contribution in [0.5, 0.6) is 0 Å². The molecule has 39 heavy (non-hydrogen) atoms. The van der Waals surface area contributed by atoms with Crippen molar-refractivity contribution in [1.29, 1.82) is 0 Å². The third-order valence-corrected chi connectivity index (χ3v) is 15.0. The first-order valence-electron chi connectivity index (χ1n) is 15.6. The number of ether oxygens (including phenoxy) is 1. The molecule has 0 unspecified atom stereocenters. The standard InChI is InChI=1S/C35H50O3Si/c1-24(38-39(5,6)35(2,3)4)15-9-7-12-19-29-31-26-21-22-27(23-26)32(31)33(36)34(29)37-30-20-14-13-18-28(30)25-16-10-8-11-17-25/h8,10-12,16-17,19,21-22,24,26-28,30-32H,7,9,13-15,18,20,23H2,1-6H3/b19-12+/t24-,26-,27+,28+,30-,31-,32-/m0/s1. The molecule has 5 rings (SSSR count). The molecular weight excluding hydrogens is 496 g/mol. The number of hydrogen-bond acceptors (Lipinski definition) is 3. The van der Waals surface area contributed by atoms with Gasteiger partial charge in [-0.3, -0.25) is 4.79 Å². The van der Waals surface area contributed by atoms with Gasteiger partial charge in [0.1, 0.15) is 6.10 Å². The van der Waals surface area contributed by atoms with Crippen LogP contribution in [0.3, 0.4) is 0 Å². The summed E-state index contributed by atoms with van der Waals surface area (Å²) in [4.78, 5) is 13.8. The van der Waals surface area contributed by atoms with E-state index in [0.717, 1.165) is 38.5 Å². The Morgan fingerprint density at radius 3 is 2.44 bits per heavy atom. The summed E-state index contributed by atoms with van der Waals surface area (Å²) in [7, 11) is -1.73. The molecule has 7 atom stereocenters. The number of ketones is 1. The van der Waals surface area contributed by atoms with Gasteiger partial charge in [-0.2, -0.15) is 0 Å². The molecule has 4 aliphatic rings. The Morgan fingerprint density at radius 1 is 1.03 bits per heavy atom. The molecule has 4 aliphatic carbocycles. The number of benzene rings is 1. The van der Waals surface area contributed by atoms with Crippen LogP contribution in [-0.2, 0) is 14.0 Å². The average molecular weight is 547 g/mol. The first-order chi connectivity index (χ1) is 18.6. The predicted molar refractivity (Wildman–Crippen MR) is 163 cm³/mol. The highest BCUT2D eigenvalue weighted by molar-refractivity contribution is 6.74. The van der Waals surface area contributed by atoms with Crippen LogP contribution in [0.2, 0.25) is 18.1 Å². The Hall–Kier alpha value is -1.91. The molecule has 0 saturated heterocycles. The topological polar surface area (TPSA) is 35.5 Å². The number of unbranched alkanes of at least 4 members (excludes halogenated alkanes) is 1. The maximum Gasteiger partial charge on any atom is 0.201 e. The van der Waals surface area contributed by atoms with E-state index >= 15 is 0 Å². The maximum absolute atomic E-state index is 13.8. The normalized spacial score (nSPS) is 31.4. The van der Waals surface area contributed by atoms with Crippen molar-refractivity contribution in [3.8, 4) is 0 Å². The van der Waals surface area contributed by atoms with Gasteiger partial charge in [0.25, 0.3) is 0 Å². The molecule has 0 radical (unpaired) electrons. The number of fused-ring (bicyclic) bond motifs is 5. The molecule has 0 N–H and O–H groups in total. The minimum absolute atomic E-state index is 0.0845. The minimum Gasteiger partial charge on any atom is -0.486 e. The largest absolute Gasteiger partial charge is 0.486 e. The van der Waals surface area contributed by atoms with E-state index in [-0.39, 0.29) is 28.9 Å². The lowest BCUT2D eigenvalue weighted by molar-refractivity contribution is -0.124. The summed E-state index contributed by atoms with van der Waals surface area (Å²) in [6.07, 6.45) is 18.5. The van der Waals surface area contributed by atoms with Crippen molar-refractivity contribution in [2.75, 3.05) is 0 Å². The third kappa shape index (κ3) is 5.93. The lowest BCUT2D eigenvalue weighted by Crippen LogP contribution is -2.43. The van der Waals surface area contributed by atoms with Crippen LogP contribution in [0.1, 0.15) is 90.5 Å². The molecule has 0 heterocycles. The molecule has 0 amide bonds. The minimum atomic E-state index is -1.73. The zero-order valence-corrected chi connectivity index (χ0v) is 26.1. The van der Waals surface area contributed by atoms with Gasteiger partial charge < -0.3 is 9.16 Å². The van der Waals surface area contributed by atoms with E-state index in [0.29, 0.717) is 29.4 Å². The molecule has 212 valence electrons. The number of carbonyl (C=O) groups is 1. The fourth-order valence-electron chi connectivity index (χ4n) is 7.30. The number of Topliss-reactive ketones (excluding diaryl/α,β-unsaturated/α-hetero) is 1. The summed E-state index contributed by atoms with van der Waals surface area (Å²) in [6, 6.07) is 10.8. The number of carbonyl (C=O) groups excluding carboxylic acids is 1. The molecule has 1 aromatic carbocycles. The van der Waals surface area contributed by atoms with Gasteiger partial charge in [0.15, 0.2) is 14.1 Å². The van der Waals surface area contributed by atoms with Crippen LogP contribution in [0.25, 0.3) is 0 Å². The SMILES string of the molecule is C[C@@H](CCC/C=C/C1=C(O[C@H]2CCCC[C@@H]2c2ccccc2)C(=O)[C@@H]2[C@H]1[C@H]1C=C[C@@H]2C1)O[Si](C)(C)C(C)(C)C. The molecule has 0 aliphatic heterocycles. The monoisotopic (exact) mass is 546 g/mol. The average Bonchev–Trinajstić information content (AvgIpc) is 3.58. The van der Waals surface area contributed by atoms with Crippen molar-refractivity contribution in [2.24, 2.45) is 23.7 Å². The second-order valence-electron chi connectivity index (χ2n) is 14.1. The van der Waals surface area contributed by atoms with Gasteiger partial charge in [-0.1, -0.05) is 81.8 Å². The van der Waals surface area contributed by atoms with Crippen LogP contribution in [0, 0.1) is 23.7 Å². The van der Waals surface area contributed by atoms with Gasteiger partial charge in [-0.15, -0.1) is 0 Å². The van der Waals surface area contributed by atoms with Crippen molar-refractivity contribution in [1.82, 2.24) is 0 Å². The zero-order valence-electron chi connectivity index (χ0n) is 25.1.